The SMILES string of the molecule is Cc1ccc(Cn2ncc(N=C3C=CCC=C3NC(N)=O)c2N)cc1. The zero-order valence-electron chi connectivity index (χ0n) is 13.9. The number of amides is 2. The van der Waals surface area contributed by atoms with E-state index in [0.29, 0.717) is 35.9 Å². The molecule has 1 heterocycles. The Kier molecular flexibility index (Phi) is 4.65. The van der Waals surface area contributed by atoms with Gasteiger partial charge in [-0.15, -0.1) is 0 Å². The predicted molar refractivity (Wildman–Crippen MR) is 98.6 cm³/mol. The molecular formula is C18H20N6O. The molecular weight excluding hydrogens is 316 g/mol. The number of aromatic nitrogens is 2. The monoisotopic (exact) mass is 336 g/mol. The van der Waals surface area contributed by atoms with Gasteiger partial charge in [-0.1, -0.05) is 42.0 Å². The van der Waals surface area contributed by atoms with E-state index in [2.05, 4.69) is 27.5 Å². The molecule has 2 amide bonds. The molecule has 7 nitrogen and oxygen atoms in total. The van der Waals surface area contributed by atoms with E-state index >= 15 is 0 Å². The van der Waals surface area contributed by atoms with Crippen molar-refractivity contribution in [3.05, 3.63) is 65.5 Å². The van der Waals surface area contributed by atoms with Crippen LogP contribution in [0.1, 0.15) is 17.5 Å². The minimum atomic E-state index is -0.628. The normalized spacial score (nSPS) is 15.2. The van der Waals surface area contributed by atoms with Crippen LogP contribution in [0.15, 0.2) is 59.4 Å². The number of hydrogen-bond donors (Lipinski definition) is 3. The Balaban J connectivity index is 1.84. The first-order valence-corrected chi connectivity index (χ1v) is 7.92. The van der Waals surface area contributed by atoms with Gasteiger partial charge in [0.2, 0.25) is 0 Å². The number of anilines is 1. The highest BCUT2D eigenvalue weighted by Crippen LogP contribution is 2.24. The third kappa shape index (κ3) is 3.95. The summed E-state index contributed by atoms with van der Waals surface area (Å²) in [6.07, 6.45) is 7.92. The van der Waals surface area contributed by atoms with Crippen LogP contribution in [0.25, 0.3) is 0 Å². The first-order valence-electron chi connectivity index (χ1n) is 7.92. The Labute approximate surface area is 145 Å². The summed E-state index contributed by atoms with van der Waals surface area (Å²) in [7, 11) is 0. The summed E-state index contributed by atoms with van der Waals surface area (Å²) in [6, 6.07) is 7.57. The molecule has 0 unspecified atom stereocenters. The number of benzene rings is 1. The fourth-order valence-electron chi connectivity index (χ4n) is 2.50. The Morgan fingerprint density at radius 1 is 1.36 bits per heavy atom. The smallest absolute Gasteiger partial charge is 0.316 e. The van der Waals surface area contributed by atoms with Gasteiger partial charge in [0, 0.05) is 0 Å². The molecule has 1 aliphatic carbocycles. The van der Waals surface area contributed by atoms with E-state index in [1.807, 2.05) is 37.3 Å². The van der Waals surface area contributed by atoms with Crippen molar-refractivity contribution in [2.24, 2.45) is 10.7 Å². The van der Waals surface area contributed by atoms with E-state index in [1.165, 1.54) is 5.56 Å². The van der Waals surface area contributed by atoms with Crippen LogP contribution < -0.4 is 16.8 Å². The van der Waals surface area contributed by atoms with Gasteiger partial charge in [0.15, 0.2) is 0 Å². The predicted octanol–water partition coefficient (Wildman–Crippen LogP) is 2.41. The van der Waals surface area contributed by atoms with Crippen LogP contribution in [0.4, 0.5) is 16.3 Å². The average molecular weight is 336 g/mol. The minimum Gasteiger partial charge on any atom is -0.382 e. The number of nitrogens with two attached hydrogens (primary N) is 2. The first-order chi connectivity index (χ1) is 12.0. The summed E-state index contributed by atoms with van der Waals surface area (Å²) in [5.41, 5.74) is 15.4. The van der Waals surface area contributed by atoms with Crippen LogP contribution >= 0.6 is 0 Å². The van der Waals surface area contributed by atoms with Crippen molar-refractivity contribution >= 4 is 23.2 Å². The second kappa shape index (κ2) is 7.04. The number of primary amides is 1. The number of nitrogens with one attached hydrogen (secondary N) is 1. The number of nitrogens with zero attached hydrogens (tertiary/aromatic N) is 3. The minimum absolute atomic E-state index is 0.463. The van der Waals surface area contributed by atoms with Crippen molar-refractivity contribution < 1.29 is 4.79 Å². The van der Waals surface area contributed by atoms with Crippen LogP contribution in [0.3, 0.4) is 0 Å². The molecule has 0 radical (unpaired) electrons. The van der Waals surface area contributed by atoms with Crippen LogP contribution in [0.5, 0.6) is 0 Å². The summed E-state index contributed by atoms with van der Waals surface area (Å²) in [4.78, 5) is 15.6. The van der Waals surface area contributed by atoms with Crippen LogP contribution in [-0.2, 0) is 6.54 Å². The van der Waals surface area contributed by atoms with E-state index in [1.54, 1.807) is 10.9 Å². The number of allylic oxidation sites excluding steroid dienone is 3. The highest BCUT2D eigenvalue weighted by molar-refractivity contribution is 6.11. The van der Waals surface area contributed by atoms with Crippen molar-refractivity contribution in [2.75, 3.05) is 5.73 Å². The van der Waals surface area contributed by atoms with Crippen molar-refractivity contribution in [1.82, 2.24) is 15.1 Å². The van der Waals surface area contributed by atoms with E-state index in [-0.39, 0.29) is 0 Å². The topological polar surface area (TPSA) is 111 Å². The van der Waals surface area contributed by atoms with Gasteiger partial charge in [-0.05, 0) is 25.0 Å². The maximum Gasteiger partial charge on any atom is 0.316 e. The van der Waals surface area contributed by atoms with Crippen LogP contribution in [0, 0.1) is 6.92 Å². The molecule has 1 aliphatic rings. The molecule has 25 heavy (non-hydrogen) atoms. The van der Waals surface area contributed by atoms with Gasteiger partial charge in [-0.2, -0.15) is 5.10 Å². The molecule has 0 saturated carbocycles. The zero-order chi connectivity index (χ0) is 17.8. The van der Waals surface area contributed by atoms with Crippen molar-refractivity contribution in [1.29, 1.82) is 0 Å². The number of aliphatic imine (C=N–C) groups is 1. The number of hydrogen-bond acceptors (Lipinski definition) is 4. The molecule has 1 aromatic carbocycles. The molecule has 2 aromatic rings. The fraction of sp³-hybridized carbons (Fsp3) is 0.167. The van der Waals surface area contributed by atoms with Gasteiger partial charge in [-0.25, -0.2) is 14.5 Å². The molecule has 7 heteroatoms. The standard InChI is InChI=1S/C18H20N6O/c1-12-6-8-13(9-7-12)11-24-17(19)16(10-21-24)22-14-4-2-3-5-15(14)23-18(20)25/h2,4-10H,3,11,19H2,1H3,(H3,20,23,25). The molecule has 0 bridgehead atoms. The van der Waals surface area contributed by atoms with Gasteiger partial charge in [0.1, 0.15) is 11.5 Å². The number of rotatable bonds is 4. The van der Waals surface area contributed by atoms with Crippen LogP contribution in [-0.4, -0.2) is 21.5 Å². The quantitative estimate of drug-likeness (QED) is 0.797. The molecule has 0 spiro atoms. The fourth-order valence-corrected chi connectivity index (χ4v) is 2.50. The van der Waals surface area contributed by atoms with Gasteiger partial charge < -0.3 is 16.8 Å². The average Bonchev–Trinajstić information content (AvgIpc) is 2.91. The third-order valence-corrected chi connectivity index (χ3v) is 3.82. The summed E-state index contributed by atoms with van der Waals surface area (Å²) in [5.74, 6) is 0.463. The molecule has 0 fully saturated rings. The van der Waals surface area contributed by atoms with E-state index in [9.17, 15) is 4.79 Å². The molecule has 0 atom stereocenters. The number of nitrogen functional groups attached to an aromatic ring is 1. The van der Waals surface area contributed by atoms with Gasteiger partial charge >= 0.3 is 6.03 Å². The summed E-state index contributed by atoms with van der Waals surface area (Å²) < 4.78 is 1.70. The van der Waals surface area contributed by atoms with Crippen molar-refractivity contribution in [2.45, 2.75) is 19.9 Å². The maximum absolute atomic E-state index is 11.1. The van der Waals surface area contributed by atoms with E-state index < -0.39 is 6.03 Å². The summed E-state index contributed by atoms with van der Waals surface area (Å²) in [5, 5.41) is 6.89. The second-order valence-corrected chi connectivity index (χ2v) is 5.80. The molecule has 0 aliphatic heterocycles. The molecule has 0 saturated heterocycles. The molecule has 128 valence electrons. The highest BCUT2D eigenvalue weighted by atomic mass is 16.2. The first kappa shape index (κ1) is 16.5. The lowest BCUT2D eigenvalue weighted by atomic mass is 10.1. The van der Waals surface area contributed by atoms with Gasteiger partial charge in [0.25, 0.3) is 0 Å². The maximum atomic E-state index is 11.1. The summed E-state index contributed by atoms with van der Waals surface area (Å²) >= 11 is 0. The molecule has 1 aromatic heterocycles. The Bertz CT molecular complexity index is 873. The van der Waals surface area contributed by atoms with Gasteiger partial charge in [0.05, 0.1) is 24.2 Å². The third-order valence-electron chi connectivity index (χ3n) is 3.82. The lowest BCUT2D eigenvalue weighted by Gasteiger charge is -2.11. The number of carbonyl (C=O) groups is 1. The second-order valence-electron chi connectivity index (χ2n) is 5.80. The Morgan fingerprint density at radius 2 is 2.12 bits per heavy atom. The van der Waals surface area contributed by atoms with Crippen molar-refractivity contribution in [3.63, 3.8) is 0 Å². The number of aryl methyl sites for hydroxylation is 1. The molecule has 5 N–H and O–H groups in total. The molecule has 3 rings (SSSR count). The Morgan fingerprint density at radius 3 is 2.84 bits per heavy atom. The lowest BCUT2D eigenvalue weighted by molar-refractivity contribution is 0.251. The van der Waals surface area contributed by atoms with E-state index in [4.69, 9.17) is 11.5 Å². The van der Waals surface area contributed by atoms with Crippen molar-refractivity contribution in [3.8, 4) is 0 Å². The van der Waals surface area contributed by atoms with Crippen LogP contribution in [0.2, 0.25) is 0 Å². The lowest BCUT2D eigenvalue weighted by Crippen LogP contribution is -2.32. The largest absolute Gasteiger partial charge is 0.382 e. The summed E-state index contributed by atoms with van der Waals surface area (Å²) in [6.45, 7) is 2.61. The highest BCUT2D eigenvalue weighted by Gasteiger charge is 2.12. The van der Waals surface area contributed by atoms with Gasteiger partial charge in [-0.3, -0.25) is 0 Å². The number of urea groups is 1. The van der Waals surface area contributed by atoms with E-state index in [0.717, 1.165) is 5.56 Å². The number of carbonyl (C=O) groups excluding carboxylic acids is 1. The Hall–Kier alpha value is -3.35. The zero-order valence-corrected chi connectivity index (χ0v) is 13.9.